The SMILES string of the molecule is O=S(=O)(F)C(F)(F)C(F)(F)OCc1ccccc1. The van der Waals surface area contributed by atoms with Crippen LogP contribution in [0.2, 0.25) is 0 Å². The maximum absolute atomic E-state index is 12.8. The Balaban J connectivity index is 2.83. The van der Waals surface area contributed by atoms with E-state index in [0.29, 0.717) is 0 Å². The van der Waals surface area contributed by atoms with Crippen molar-refractivity contribution in [1.29, 1.82) is 0 Å². The summed E-state index contributed by atoms with van der Waals surface area (Å²) in [5, 5.41) is -5.94. The highest BCUT2D eigenvalue weighted by Gasteiger charge is 2.68. The van der Waals surface area contributed by atoms with Gasteiger partial charge in [0.15, 0.2) is 0 Å². The maximum Gasteiger partial charge on any atom is 0.464 e. The van der Waals surface area contributed by atoms with E-state index in [4.69, 9.17) is 0 Å². The van der Waals surface area contributed by atoms with Crippen LogP contribution >= 0.6 is 0 Å². The molecule has 18 heavy (non-hydrogen) atoms. The molecule has 0 aromatic heterocycles. The molecule has 0 heterocycles. The number of benzene rings is 1. The normalized spacial score (nSPS) is 13.6. The molecule has 0 saturated heterocycles. The lowest BCUT2D eigenvalue weighted by molar-refractivity contribution is -0.322. The lowest BCUT2D eigenvalue weighted by Gasteiger charge is -2.22. The van der Waals surface area contributed by atoms with Crippen LogP contribution in [0.1, 0.15) is 5.56 Å². The summed E-state index contributed by atoms with van der Waals surface area (Å²) in [5.41, 5.74) is 0.101. The minimum Gasteiger partial charge on any atom is -0.310 e. The van der Waals surface area contributed by atoms with Gasteiger partial charge >= 0.3 is 21.6 Å². The van der Waals surface area contributed by atoms with E-state index in [1.807, 2.05) is 0 Å². The minimum absolute atomic E-state index is 0.101. The van der Waals surface area contributed by atoms with Gasteiger partial charge in [-0.3, -0.25) is 0 Å². The zero-order valence-electron chi connectivity index (χ0n) is 8.62. The number of alkyl halides is 4. The zero-order valence-corrected chi connectivity index (χ0v) is 9.43. The largest absolute Gasteiger partial charge is 0.464 e. The van der Waals surface area contributed by atoms with Gasteiger partial charge in [0, 0.05) is 0 Å². The molecule has 102 valence electrons. The first kappa shape index (κ1) is 14.8. The van der Waals surface area contributed by atoms with Crippen LogP contribution in [0.4, 0.5) is 21.4 Å². The number of halogens is 5. The van der Waals surface area contributed by atoms with E-state index in [2.05, 4.69) is 4.74 Å². The molecule has 1 rings (SSSR count). The molecule has 1 aromatic rings. The first-order valence-electron chi connectivity index (χ1n) is 4.45. The molecule has 9 heteroatoms. The molecule has 0 aliphatic heterocycles. The quantitative estimate of drug-likeness (QED) is 0.618. The van der Waals surface area contributed by atoms with E-state index >= 15 is 0 Å². The molecule has 0 fully saturated rings. The second-order valence-electron chi connectivity index (χ2n) is 3.25. The Morgan fingerprint density at radius 2 is 1.56 bits per heavy atom. The number of hydrogen-bond acceptors (Lipinski definition) is 3. The number of rotatable bonds is 5. The molecule has 0 amide bonds. The van der Waals surface area contributed by atoms with Gasteiger partial charge in [-0.05, 0) is 5.56 Å². The van der Waals surface area contributed by atoms with Crippen molar-refractivity contribution in [2.75, 3.05) is 0 Å². The van der Waals surface area contributed by atoms with Crippen LogP contribution in [-0.2, 0) is 21.6 Å². The van der Waals surface area contributed by atoms with E-state index in [1.165, 1.54) is 24.3 Å². The second-order valence-corrected chi connectivity index (χ2v) is 4.63. The van der Waals surface area contributed by atoms with Crippen molar-refractivity contribution in [1.82, 2.24) is 0 Å². The van der Waals surface area contributed by atoms with Crippen LogP contribution in [-0.4, -0.2) is 19.8 Å². The first-order chi connectivity index (χ1) is 8.08. The van der Waals surface area contributed by atoms with Crippen LogP contribution < -0.4 is 0 Å². The highest BCUT2D eigenvalue weighted by molar-refractivity contribution is 7.87. The number of hydrogen-bond donors (Lipinski definition) is 0. The smallest absolute Gasteiger partial charge is 0.310 e. The Kier molecular flexibility index (Phi) is 3.96. The maximum atomic E-state index is 12.8. The molecular formula is C9H7F5O3S. The third kappa shape index (κ3) is 2.96. The predicted octanol–water partition coefficient (Wildman–Crippen LogP) is 2.69. The van der Waals surface area contributed by atoms with E-state index in [9.17, 15) is 29.9 Å². The van der Waals surface area contributed by atoms with E-state index in [0.717, 1.165) is 0 Å². The fraction of sp³-hybridized carbons (Fsp3) is 0.333. The van der Waals surface area contributed by atoms with Crippen LogP contribution in [0.15, 0.2) is 30.3 Å². The second kappa shape index (κ2) is 4.81. The van der Waals surface area contributed by atoms with E-state index < -0.39 is 28.2 Å². The lowest BCUT2D eigenvalue weighted by atomic mass is 10.2. The summed E-state index contributed by atoms with van der Waals surface area (Å²) in [6.45, 7) is -0.987. The van der Waals surface area contributed by atoms with Gasteiger partial charge in [-0.25, -0.2) is 0 Å². The van der Waals surface area contributed by atoms with E-state index in [-0.39, 0.29) is 5.56 Å². The molecule has 0 spiro atoms. The minimum atomic E-state index is -6.77. The summed E-state index contributed by atoms with van der Waals surface area (Å²) in [5.74, 6) is 0. The van der Waals surface area contributed by atoms with Crippen LogP contribution in [0.5, 0.6) is 0 Å². The van der Waals surface area contributed by atoms with Crippen LogP contribution in [0, 0.1) is 0 Å². The van der Waals surface area contributed by atoms with Crippen molar-refractivity contribution in [2.24, 2.45) is 0 Å². The Labute approximate surface area is 99.4 Å². The zero-order chi connectivity index (χ0) is 14.0. The molecule has 0 bridgehead atoms. The van der Waals surface area contributed by atoms with Crippen molar-refractivity contribution in [3.8, 4) is 0 Å². The van der Waals surface area contributed by atoms with Gasteiger partial charge in [-0.1, -0.05) is 34.2 Å². The third-order valence-corrected chi connectivity index (χ3v) is 2.76. The topological polar surface area (TPSA) is 43.4 Å². The average molecular weight is 290 g/mol. The van der Waals surface area contributed by atoms with Crippen molar-refractivity contribution >= 4 is 10.2 Å². The van der Waals surface area contributed by atoms with Crippen LogP contribution in [0.25, 0.3) is 0 Å². The lowest BCUT2D eigenvalue weighted by Crippen LogP contribution is -2.47. The molecule has 0 unspecified atom stereocenters. The summed E-state index contributed by atoms with van der Waals surface area (Å²) < 4.78 is 86.2. The van der Waals surface area contributed by atoms with Gasteiger partial charge in [-0.2, -0.15) is 26.0 Å². The summed E-state index contributed by atoms with van der Waals surface area (Å²) in [7, 11) is -6.77. The molecule has 0 atom stereocenters. The van der Waals surface area contributed by atoms with Gasteiger partial charge in [0.1, 0.15) is 0 Å². The molecular weight excluding hydrogens is 283 g/mol. The molecule has 0 N–H and O–H groups in total. The molecule has 0 saturated carbocycles. The monoisotopic (exact) mass is 290 g/mol. The van der Waals surface area contributed by atoms with Gasteiger partial charge in [0.2, 0.25) is 0 Å². The third-order valence-electron chi connectivity index (χ3n) is 1.91. The first-order valence-corrected chi connectivity index (χ1v) is 5.84. The summed E-state index contributed by atoms with van der Waals surface area (Å²) in [6.07, 6.45) is -5.46. The van der Waals surface area contributed by atoms with Gasteiger partial charge in [0.05, 0.1) is 6.61 Å². The Bertz CT molecular complexity index is 500. The van der Waals surface area contributed by atoms with Gasteiger partial charge < -0.3 is 4.74 Å². The van der Waals surface area contributed by atoms with Crippen LogP contribution in [0.3, 0.4) is 0 Å². The average Bonchev–Trinajstić information content (AvgIpc) is 2.26. The standard InChI is InChI=1S/C9H7F5O3S/c10-8(11,9(12,13)18(14,15)16)17-6-7-4-2-1-3-5-7/h1-5H,6H2. The predicted molar refractivity (Wildman–Crippen MR) is 51.2 cm³/mol. The highest BCUT2D eigenvalue weighted by atomic mass is 32.3. The fourth-order valence-corrected chi connectivity index (χ4v) is 1.32. The highest BCUT2D eigenvalue weighted by Crippen LogP contribution is 2.41. The summed E-state index contributed by atoms with van der Waals surface area (Å²) in [4.78, 5) is 0. The Morgan fingerprint density at radius 1 is 1.06 bits per heavy atom. The Hall–Kier alpha value is -1.22. The number of ether oxygens (including phenoxy) is 1. The van der Waals surface area contributed by atoms with Gasteiger partial charge in [0.25, 0.3) is 0 Å². The van der Waals surface area contributed by atoms with Crippen molar-refractivity contribution < 1.29 is 34.6 Å². The summed E-state index contributed by atoms with van der Waals surface area (Å²) in [6, 6.07) is 6.99. The Morgan fingerprint density at radius 3 is 2.00 bits per heavy atom. The fourth-order valence-electron chi connectivity index (χ4n) is 0.974. The molecule has 1 aromatic carbocycles. The van der Waals surface area contributed by atoms with Crippen molar-refractivity contribution in [3.05, 3.63) is 35.9 Å². The van der Waals surface area contributed by atoms with Crippen molar-refractivity contribution in [2.45, 2.75) is 18.0 Å². The molecule has 3 nitrogen and oxygen atoms in total. The van der Waals surface area contributed by atoms with Crippen molar-refractivity contribution in [3.63, 3.8) is 0 Å². The van der Waals surface area contributed by atoms with Gasteiger partial charge in [-0.15, -0.1) is 0 Å². The molecule has 0 aliphatic rings. The molecule has 0 aliphatic carbocycles. The molecule has 0 radical (unpaired) electrons. The van der Waals surface area contributed by atoms with E-state index in [1.54, 1.807) is 6.07 Å². The summed E-state index contributed by atoms with van der Waals surface area (Å²) >= 11 is 0.